The number of carbonyl (C=O) groups is 2. The molecule has 0 bridgehead atoms. The predicted octanol–water partition coefficient (Wildman–Crippen LogP) is 2.88. The molecule has 1 atom stereocenters. The lowest BCUT2D eigenvalue weighted by Gasteiger charge is -2.11. The number of nitro benzene ring substituents is 1. The maximum Gasteiger partial charge on any atom is 0.345 e. The molecule has 0 spiro atoms. The minimum absolute atomic E-state index is 0.142. The van der Waals surface area contributed by atoms with Crippen LogP contribution in [0.25, 0.3) is 0 Å². The van der Waals surface area contributed by atoms with Crippen molar-refractivity contribution in [3.8, 4) is 0 Å². The number of rotatable bonds is 6. The third-order valence-electron chi connectivity index (χ3n) is 3.06. The number of nitrogens with one attached hydrogen (secondary N) is 1. The van der Waals surface area contributed by atoms with Crippen LogP contribution in [0.2, 0.25) is 5.02 Å². The van der Waals surface area contributed by atoms with Crippen molar-refractivity contribution in [2.24, 2.45) is 0 Å². The smallest absolute Gasteiger partial charge is 0.345 e. The number of hydrogen-bond donors (Lipinski definition) is 1. The van der Waals surface area contributed by atoms with Crippen LogP contribution in [0.4, 0.5) is 5.69 Å². The quantitative estimate of drug-likeness (QED) is 0.486. The van der Waals surface area contributed by atoms with Crippen molar-refractivity contribution in [2.75, 3.05) is 6.61 Å². The third kappa shape index (κ3) is 4.32. The van der Waals surface area contributed by atoms with Crippen LogP contribution in [0.3, 0.4) is 0 Å². The van der Waals surface area contributed by atoms with Crippen LogP contribution in [0.5, 0.6) is 0 Å². The first-order chi connectivity index (χ1) is 11.4. The van der Waals surface area contributed by atoms with Gasteiger partial charge in [0.1, 0.15) is 11.3 Å². The van der Waals surface area contributed by atoms with Crippen molar-refractivity contribution in [2.45, 2.75) is 13.0 Å². The lowest BCUT2D eigenvalue weighted by atomic mass is 10.2. The first-order valence-corrected chi connectivity index (χ1v) is 7.20. The summed E-state index contributed by atoms with van der Waals surface area (Å²) < 4.78 is 9.94. The van der Waals surface area contributed by atoms with Crippen molar-refractivity contribution in [3.63, 3.8) is 0 Å². The molecule has 1 amide bonds. The second-order valence-corrected chi connectivity index (χ2v) is 5.24. The summed E-state index contributed by atoms with van der Waals surface area (Å²) in [6.07, 6.45) is 1.47. The van der Waals surface area contributed by atoms with Gasteiger partial charge in [0.15, 0.2) is 6.61 Å². The molecule has 2 rings (SSSR count). The van der Waals surface area contributed by atoms with Crippen molar-refractivity contribution in [1.82, 2.24) is 5.32 Å². The van der Waals surface area contributed by atoms with Gasteiger partial charge in [-0.05, 0) is 31.2 Å². The Morgan fingerprint density at radius 1 is 1.42 bits per heavy atom. The SMILES string of the molecule is C[C@H](NC(=O)COC(=O)c1cc(Cl)ccc1[N+](=O)[O-])c1ccco1. The van der Waals surface area contributed by atoms with Gasteiger partial charge in [0.25, 0.3) is 11.6 Å². The van der Waals surface area contributed by atoms with Crippen LogP contribution in [0.1, 0.15) is 29.1 Å². The molecular weight excluding hydrogens is 340 g/mol. The van der Waals surface area contributed by atoms with E-state index in [4.69, 9.17) is 20.8 Å². The normalized spacial score (nSPS) is 11.6. The predicted molar refractivity (Wildman–Crippen MR) is 83.7 cm³/mol. The number of esters is 1. The highest BCUT2D eigenvalue weighted by Crippen LogP contribution is 2.23. The molecule has 8 nitrogen and oxygen atoms in total. The molecule has 1 heterocycles. The van der Waals surface area contributed by atoms with Gasteiger partial charge in [-0.1, -0.05) is 11.6 Å². The lowest BCUT2D eigenvalue weighted by molar-refractivity contribution is -0.385. The van der Waals surface area contributed by atoms with Crippen LogP contribution in [-0.2, 0) is 9.53 Å². The number of furan rings is 1. The fourth-order valence-electron chi connectivity index (χ4n) is 1.93. The Labute approximate surface area is 141 Å². The van der Waals surface area contributed by atoms with E-state index >= 15 is 0 Å². The number of benzene rings is 1. The average Bonchev–Trinajstić information content (AvgIpc) is 3.06. The monoisotopic (exact) mass is 352 g/mol. The number of nitro groups is 1. The molecule has 0 unspecified atom stereocenters. The summed E-state index contributed by atoms with van der Waals surface area (Å²) in [4.78, 5) is 33.9. The second kappa shape index (κ2) is 7.60. The number of carbonyl (C=O) groups excluding carboxylic acids is 2. The van der Waals surface area contributed by atoms with Gasteiger partial charge < -0.3 is 14.5 Å². The van der Waals surface area contributed by atoms with E-state index in [1.54, 1.807) is 19.1 Å². The molecular formula is C15H13ClN2O6. The van der Waals surface area contributed by atoms with Crippen molar-refractivity contribution >= 4 is 29.2 Å². The van der Waals surface area contributed by atoms with E-state index in [2.05, 4.69) is 5.32 Å². The van der Waals surface area contributed by atoms with Crippen LogP contribution >= 0.6 is 11.6 Å². The van der Waals surface area contributed by atoms with Gasteiger partial charge in [0.2, 0.25) is 0 Å². The van der Waals surface area contributed by atoms with Gasteiger partial charge in [0, 0.05) is 11.1 Å². The van der Waals surface area contributed by atoms with Gasteiger partial charge in [0.05, 0.1) is 17.2 Å². The maximum atomic E-state index is 12.0. The summed E-state index contributed by atoms with van der Waals surface area (Å²) >= 11 is 5.73. The average molecular weight is 353 g/mol. The maximum absolute atomic E-state index is 12.0. The second-order valence-electron chi connectivity index (χ2n) is 4.80. The number of nitrogens with zero attached hydrogens (tertiary/aromatic N) is 1. The highest BCUT2D eigenvalue weighted by Gasteiger charge is 2.23. The zero-order valence-corrected chi connectivity index (χ0v) is 13.3. The molecule has 0 saturated carbocycles. The summed E-state index contributed by atoms with van der Waals surface area (Å²) in [6, 6.07) is 6.45. The van der Waals surface area contributed by atoms with Gasteiger partial charge >= 0.3 is 5.97 Å². The van der Waals surface area contributed by atoms with E-state index in [9.17, 15) is 19.7 Å². The molecule has 126 valence electrons. The fourth-order valence-corrected chi connectivity index (χ4v) is 2.10. The van der Waals surface area contributed by atoms with E-state index in [1.807, 2.05) is 0 Å². The summed E-state index contributed by atoms with van der Waals surface area (Å²) in [5.41, 5.74) is -0.770. The Bertz CT molecular complexity index is 759. The van der Waals surface area contributed by atoms with E-state index in [-0.39, 0.29) is 10.6 Å². The molecule has 0 radical (unpaired) electrons. The molecule has 1 aromatic carbocycles. The fraction of sp³-hybridized carbons (Fsp3) is 0.200. The topological polar surface area (TPSA) is 112 Å². The number of ether oxygens (including phenoxy) is 1. The largest absolute Gasteiger partial charge is 0.467 e. The van der Waals surface area contributed by atoms with Crippen LogP contribution in [-0.4, -0.2) is 23.4 Å². The molecule has 0 saturated heterocycles. The van der Waals surface area contributed by atoms with Gasteiger partial charge in [-0.25, -0.2) is 4.79 Å². The third-order valence-corrected chi connectivity index (χ3v) is 3.29. The van der Waals surface area contributed by atoms with Gasteiger partial charge in [-0.3, -0.25) is 14.9 Å². The molecule has 0 aliphatic carbocycles. The number of hydrogen-bond acceptors (Lipinski definition) is 6. The Balaban J connectivity index is 1.97. The Morgan fingerprint density at radius 3 is 2.79 bits per heavy atom. The zero-order chi connectivity index (χ0) is 17.7. The molecule has 0 aliphatic heterocycles. The first kappa shape index (κ1) is 17.5. The molecule has 2 aromatic rings. The Morgan fingerprint density at radius 2 is 2.17 bits per heavy atom. The summed E-state index contributed by atoms with van der Waals surface area (Å²) in [7, 11) is 0. The Hall–Kier alpha value is -2.87. The van der Waals surface area contributed by atoms with E-state index in [0.29, 0.717) is 5.76 Å². The molecule has 0 fully saturated rings. The van der Waals surface area contributed by atoms with Crippen LogP contribution < -0.4 is 5.32 Å². The standard InChI is InChI=1S/C15H13ClN2O6/c1-9(13-3-2-6-23-13)17-14(19)8-24-15(20)11-7-10(16)4-5-12(11)18(21)22/h2-7,9H,8H2,1H3,(H,17,19)/t9-/m0/s1. The van der Waals surface area contributed by atoms with Crippen LogP contribution in [0.15, 0.2) is 41.0 Å². The number of amides is 1. The molecule has 1 N–H and O–H groups in total. The Kier molecular flexibility index (Phi) is 5.54. The van der Waals surface area contributed by atoms with Crippen molar-refractivity contribution in [3.05, 3.63) is 63.1 Å². The van der Waals surface area contributed by atoms with E-state index < -0.39 is 35.1 Å². The highest BCUT2D eigenvalue weighted by atomic mass is 35.5. The summed E-state index contributed by atoms with van der Waals surface area (Å²) in [5, 5.41) is 13.6. The molecule has 0 aliphatic rings. The van der Waals surface area contributed by atoms with Crippen molar-refractivity contribution < 1.29 is 23.7 Å². The van der Waals surface area contributed by atoms with Crippen molar-refractivity contribution in [1.29, 1.82) is 0 Å². The molecule has 9 heteroatoms. The van der Waals surface area contributed by atoms with Gasteiger partial charge in [-0.2, -0.15) is 0 Å². The minimum Gasteiger partial charge on any atom is -0.467 e. The summed E-state index contributed by atoms with van der Waals surface area (Å²) in [5.74, 6) is -1.04. The molecule has 1 aromatic heterocycles. The highest BCUT2D eigenvalue weighted by molar-refractivity contribution is 6.31. The molecule has 24 heavy (non-hydrogen) atoms. The van der Waals surface area contributed by atoms with Gasteiger partial charge in [-0.15, -0.1) is 0 Å². The lowest BCUT2D eigenvalue weighted by Crippen LogP contribution is -2.31. The minimum atomic E-state index is -1.01. The van der Waals surface area contributed by atoms with E-state index in [1.165, 1.54) is 12.3 Å². The summed E-state index contributed by atoms with van der Waals surface area (Å²) in [6.45, 7) is 1.11. The van der Waals surface area contributed by atoms with Crippen LogP contribution in [0, 0.1) is 10.1 Å². The zero-order valence-electron chi connectivity index (χ0n) is 12.5. The van der Waals surface area contributed by atoms with E-state index in [0.717, 1.165) is 12.1 Å². The number of halogens is 1. The first-order valence-electron chi connectivity index (χ1n) is 6.82.